The second kappa shape index (κ2) is 6.85. The molecule has 0 aromatic heterocycles. The maximum Gasteiger partial charge on any atom is 0.332 e. The zero-order valence-electron chi connectivity index (χ0n) is 7.36. The summed E-state index contributed by atoms with van der Waals surface area (Å²) in [4.78, 5) is 10.1. The van der Waals surface area contributed by atoms with Crippen LogP contribution in [0.4, 0.5) is 0 Å². The van der Waals surface area contributed by atoms with Crippen LogP contribution in [0.2, 0.25) is 0 Å². The van der Waals surface area contributed by atoms with E-state index in [1.165, 1.54) is 0 Å². The molecule has 3 heteroatoms. The Morgan fingerprint density at radius 3 is 2.67 bits per heavy atom. The smallest absolute Gasteiger partial charge is 0.332 e. The highest BCUT2D eigenvalue weighted by atomic mass is 16.4. The molecule has 0 rings (SSSR count). The lowest BCUT2D eigenvalue weighted by molar-refractivity contribution is -0.146. The fourth-order valence-corrected chi connectivity index (χ4v) is 0.766. The fourth-order valence-electron chi connectivity index (χ4n) is 0.766. The third-order valence-corrected chi connectivity index (χ3v) is 1.54. The van der Waals surface area contributed by atoms with E-state index in [1.807, 2.05) is 6.08 Å². The van der Waals surface area contributed by atoms with E-state index in [1.54, 1.807) is 6.08 Å². The molecule has 0 aliphatic rings. The van der Waals surface area contributed by atoms with Crippen LogP contribution in [0.3, 0.4) is 0 Å². The second-order valence-corrected chi connectivity index (χ2v) is 2.70. The van der Waals surface area contributed by atoms with Crippen molar-refractivity contribution in [2.75, 3.05) is 0 Å². The molecular formula is C9H16O3. The average Bonchev–Trinajstić information content (AvgIpc) is 2.03. The molecule has 0 aliphatic heterocycles. The van der Waals surface area contributed by atoms with Crippen molar-refractivity contribution in [3.05, 3.63) is 12.2 Å². The van der Waals surface area contributed by atoms with Gasteiger partial charge in [0.2, 0.25) is 0 Å². The van der Waals surface area contributed by atoms with E-state index in [4.69, 9.17) is 10.2 Å². The number of hydrogen-bond acceptors (Lipinski definition) is 2. The highest BCUT2D eigenvalue weighted by Gasteiger charge is 2.09. The molecule has 0 spiro atoms. The first-order chi connectivity index (χ1) is 5.68. The van der Waals surface area contributed by atoms with Gasteiger partial charge >= 0.3 is 5.97 Å². The molecule has 0 saturated heterocycles. The van der Waals surface area contributed by atoms with Gasteiger partial charge in [0, 0.05) is 6.42 Å². The first-order valence-electron chi connectivity index (χ1n) is 4.24. The summed E-state index contributed by atoms with van der Waals surface area (Å²) in [7, 11) is 0. The van der Waals surface area contributed by atoms with Gasteiger partial charge in [-0.05, 0) is 6.42 Å². The van der Waals surface area contributed by atoms with E-state index in [2.05, 4.69) is 6.92 Å². The highest BCUT2D eigenvalue weighted by molar-refractivity contribution is 5.72. The van der Waals surface area contributed by atoms with Gasteiger partial charge in [-0.25, -0.2) is 4.79 Å². The van der Waals surface area contributed by atoms with Crippen LogP contribution in [0.5, 0.6) is 0 Å². The molecule has 0 amide bonds. The van der Waals surface area contributed by atoms with Crippen LogP contribution in [0, 0.1) is 0 Å². The quantitative estimate of drug-likeness (QED) is 0.472. The number of aliphatic hydroxyl groups is 1. The van der Waals surface area contributed by atoms with Crippen molar-refractivity contribution < 1.29 is 15.0 Å². The number of carbonyl (C=O) groups is 1. The predicted octanol–water partition coefficient (Wildman–Crippen LogP) is 1.57. The van der Waals surface area contributed by atoms with Crippen LogP contribution in [-0.2, 0) is 4.79 Å². The van der Waals surface area contributed by atoms with Crippen molar-refractivity contribution >= 4 is 5.97 Å². The van der Waals surface area contributed by atoms with Gasteiger partial charge in [-0.1, -0.05) is 31.9 Å². The first kappa shape index (κ1) is 11.2. The molecule has 1 unspecified atom stereocenters. The molecule has 3 nitrogen and oxygen atoms in total. The number of hydrogen-bond donors (Lipinski definition) is 2. The molecule has 0 aromatic carbocycles. The molecule has 1 atom stereocenters. The van der Waals surface area contributed by atoms with Crippen LogP contribution in [0.1, 0.15) is 32.6 Å². The molecule has 0 radical (unpaired) electrons. The standard InChI is InChI=1S/C9H16O3/c1-2-3-4-5-6-7-8(10)9(11)12/h5-6,8,10H,2-4,7H2,1H3,(H,11,12)/b6-5-. The van der Waals surface area contributed by atoms with Gasteiger partial charge in [-0.2, -0.15) is 0 Å². The summed E-state index contributed by atoms with van der Waals surface area (Å²) in [6.07, 6.45) is 5.79. The van der Waals surface area contributed by atoms with Crippen LogP contribution < -0.4 is 0 Å². The Labute approximate surface area is 72.7 Å². The van der Waals surface area contributed by atoms with E-state index < -0.39 is 12.1 Å². The lowest BCUT2D eigenvalue weighted by atomic mass is 10.2. The van der Waals surface area contributed by atoms with Gasteiger partial charge in [-0.15, -0.1) is 0 Å². The maximum absolute atomic E-state index is 10.1. The summed E-state index contributed by atoms with van der Waals surface area (Å²) >= 11 is 0. The summed E-state index contributed by atoms with van der Waals surface area (Å²) in [5, 5.41) is 17.1. The molecular weight excluding hydrogens is 156 g/mol. The van der Waals surface area contributed by atoms with E-state index >= 15 is 0 Å². The SMILES string of the molecule is CCCC/C=C\CC(O)C(=O)O. The normalized spacial score (nSPS) is 13.5. The van der Waals surface area contributed by atoms with Crippen molar-refractivity contribution in [1.82, 2.24) is 0 Å². The summed E-state index contributed by atoms with van der Waals surface area (Å²) in [6, 6.07) is 0. The number of unbranched alkanes of at least 4 members (excludes halogenated alkanes) is 2. The van der Waals surface area contributed by atoms with Crippen molar-refractivity contribution in [3.63, 3.8) is 0 Å². The van der Waals surface area contributed by atoms with Crippen molar-refractivity contribution in [3.8, 4) is 0 Å². The van der Waals surface area contributed by atoms with Gasteiger partial charge in [-0.3, -0.25) is 0 Å². The Kier molecular flexibility index (Phi) is 6.38. The van der Waals surface area contributed by atoms with Gasteiger partial charge < -0.3 is 10.2 Å². The first-order valence-corrected chi connectivity index (χ1v) is 4.24. The number of carboxylic acids is 1. The lowest BCUT2D eigenvalue weighted by Gasteiger charge is -1.98. The molecule has 0 aromatic rings. The number of carboxylic acid groups (broad SMARTS) is 1. The van der Waals surface area contributed by atoms with Crippen molar-refractivity contribution in [2.45, 2.75) is 38.7 Å². The largest absolute Gasteiger partial charge is 0.479 e. The average molecular weight is 172 g/mol. The molecule has 0 bridgehead atoms. The minimum atomic E-state index is -1.25. The number of aliphatic carboxylic acids is 1. The minimum absolute atomic E-state index is 0.207. The number of allylic oxidation sites excluding steroid dienone is 1. The third-order valence-electron chi connectivity index (χ3n) is 1.54. The van der Waals surface area contributed by atoms with Gasteiger partial charge in [0.25, 0.3) is 0 Å². The topological polar surface area (TPSA) is 57.5 Å². The van der Waals surface area contributed by atoms with E-state index in [0.717, 1.165) is 19.3 Å². The lowest BCUT2D eigenvalue weighted by Crippen LogP contribution is -2.17. The van der Waals surface area contributed by atoms with Crippen LogP contribution in [-0.4, -0.2) is 22.3 Å². The summed E-state index contributed by atoms with van der Waals surface area (Å²) in [5.74, 6) is -1.16. The van der Waals surface area contributed by atoms with Crippen LogP contribution in [0.15, 0.2) is 12.2 Å². The molecule has 0 heterocycles. The Hall–Kier alpha value is -0.830. The maximum atomic E-state index is 10.1. The van der Waals surface area contributed by atoms with Crippen LogP contribution in [0.25, 0.3) is 0 Å². The Morgan fingerprint density at radius 2 is 2.17 bits per heavy atom. The summed E-state index contributed by atoms with van der Waals surface area (Å²) in [5.41, 5.74) is 0. The fraction of sp³-hybridized carbons (Fsp3) is 0.667. The number of aliphatic hydroxyl groups excluding tert-OH is 1. The zero-order chi connectivity index (χ0) is 9.40. The Balaban J connectivity index is 3.40. The van der Waals surface area contributed by atoms with Gasteiger partial charge in [0.15, 0.2) is 6.10 Å². The summed E-state index contributed by atoms with van der Waals surface area (Å²) in [6.45, 7) is 2.10. The molecule has 70 valence electrons. The van der Waals surface area contributed by atoms with E-state index in [-0.39, 0.29) is 6.42 Å². The van der Waals surface area contributed by atoms with Gasteiger partial charge in [0.1, 0.15) is 0 Å². The van der Waals surface area contributed by atoms with Crippen molar-refractivity contribution in [1.29, 1.82) is 0 Å². The highest BCUT2D eigenvalue weighted by Crippen LogP contribution is 1.98. The van der Waals surface area contributed by atoms with E-state index in [9.17, 15) is 4.79 Å². The van der Waals surface area contributed by atoms with Crippen LogP contribution >= 0.6 is 0 Å². The van der Waals surface area contributed by atoms with Gasteiger partial charge in [0.05, 0.1) is 0 Å². The molecule has 0 saturated carbocycles. The number of rotatable bonds is 6. The zero-order valence-corrected chi connectivity index (χ0v) is 7.36. The molecule has 0 aliphatic carbocycles. The Bertz CT molecular complexity index is 152. The molecule has 0 fully saturated rings. The predicted molar refractivity (Wildman–Crippen MR) is 46.9 cm³/mol. The van der Waals surface area contributed by atoms with E-state index in [0.29, 0.717) is 0 Å². The molecule has 2 N–H and O–H groups in total. The summed E-state index contributed by atoms with van der Waals surface area (Å²) < 4.78 is 0. The monoisotopic (exact) mass is 172 g/mol. The Morgan fingerprint density at radius 1 is 1.50 bits per heavy atom. The van der Waals surface area contributed by atoms with Crippen molar-refractivity contribution in [2.24, 2.45) is 0 Å². The molecule has 12 heavy (non-hydrogen) atoms. The second-order valence-electron chi connectivity index (χ2n) is 2.70. The minimum Gasteiger partial charge on any atom is -0.479 e. The third kappa shape index (κ3) is 5.92.